The highest BCUT2D eigenvalue weighted by Crippen LogP contribution is 2.15. The first-order valence-electron chi connectivity index (χ1n) is 5.73. The smallest absolute Gasteiger partial charge is 0.106 e. The number of benzene rings is 1. The summed E-state index contributed by atoms with van der Waals surface area (Å²) < 4.78 is 0. The number of H-pyrrole nitrogens is 1. The monoisotopic (exact) mass is 214 g/mol. The molecule has 0 spiro atoms. The summed E-state index contributed by atoms with van der Waals surface area (Å²) in [5, 5.41) is 0. The first-order chi connectivity index (χ1) is 7.66. The van der Waals surface area contributed by atoms with Crippen molar-refractivity contribution in [3.05, 3.63) is 52.6 Å². The second kappa shape index (κ2) is 4.52. The summed E-state index contributed by atoms with van der Waals surface area (Å²) in [6.45, 7) is 6.37. The lowest BCUT2D eigenvalue weighted by Crippen LogP contribution is -1.98. The van der Waals surface area contributed by atoms with Crippen LogP contribution in [0.1, 0.15) is 28.2 Å². The molecule has 16 heavy (non-hydrogen) atoms. The van der Waals surface area contributed by atoms with Crippen molar-refractivity contribution in [1.82, 2.24) is 9.97 Å². The third-order valence-electron chi connectivity index (χ3n) is 3.02. The quantitative estimate of drug-likeness (QED) is 0.835. The summed E-state index contributed by atoms with van der Waals surface area (Å²) in [6, 6.07) is 6.47. The van der Waals surface area contributed by atoms with Gasteiger partial charge >= 0.3 is 0 Å². The molecule has 0 saturated carbocycles. The zero-order valence-corrected chi connectivity index (χ0v) is 10.2. The number of aromatic amines is 1. The van der Waals surface area contributed by atoms with Crippen molar-refractivity contribution in [1.29, 1.82) is 0 Å². The maximum Gasteiger partial charge on any atom is 0.106 e. The predicted octanol–water partition coefficient (Wildman–Crippen LogP) is 3.12. The van der Waals surface area contributed by atoms with Gasteiger partial charge in [0.25, 0.3) is 0 Å². The summed E-state index contributed by atoms with van der Waals surface area (Å²) >= 11 is 0. The minimum atomic E-state index is 0.986. The van der Waals surface area contributed by atoms with Crippen LogP contribution in [0.15, 0.2) is 24.4 Å². The average Bonchev–Trinajstić information content (AvgIpc) is 2.63. The van der Waals surface area contributed by atoms with Gasteiger partial charge in [-0.05, 0) is 43.9 Å². The highest BCUT2D eigenvalue weighted by Gasteiger charge is 2.04. The van der Waals surface area contributed by atoms with Crippen LogP contribution in [0.5, 0.6) is 0 Å². The van der Waals surface area contributed by atoms with Crippen LogP contribution in [0.4, 0.5) is 0 Å². The van der Waals surface area contributed by atoms with E-state index >= 15 is 0 Å². The lowest BCUT2D eigenvalue weighted by molar-refractivity contribution is 0.869. The number of rotatable bonds is 3. The molecule has 1 aromatic heterocycles. The van der Waals surface area contributed by atoms with Gasteiger partial charge in [-0.3, -0.25) is 0 Å². The molecule has 0 fully saturated rings. The molecule has 0 aliphatic heterocycles. The molecule has 84 valence electrons. The fourth-order valence-corrected chi connectivity index (χ4v) is 2.08. The van der Waals surface area contributed by atoms with E-state index in [2.05, 4.69) is 42.0 Å². The standard InChI is InChI=1S/C14H18N2/c1-10-5-4-6-11(2)13(10)7-8-14-15-9-12(3)16-14/h4-6,9H,7-8H2,1-3H3,(H,15,16). The SMILES string of the molecule is Cc1c[nH]c(CCc2c(C)cccc2C)n1. The van der Waals surface area contributed by atoms with E-state index in [4.69, 9.17) is 0 Å². The van der Waals surface area contributed by atoms with Crippen molar-refractivity contribution < 1.29 is 0 Å². The van der Waals surface area contributed by atoms with Crippen molar-refractivity contribution in [2.45, 2.75) is 33.6 Å². The van der Waals surface area contributed by atoms with E-state index in [0.29, 0.717) is 0 Å². The van der Waals surface area contributed by atoms with E-state index in [1.807, 2.05) is 13.1 Å². The van der Waals surface area contributed by atoms with Gasteiger partial charge < -0.3 is 4.98 Å². The van der Waals surface area contributed by atoms with Gasteiger partial charge in [0.15, 0.2) is 0 Å². The van der Waals surface area contributed by atoms with E-state index in [1.54, 1.807) is 0 Å². The number of imidazole rings is 1. The van der Waals surface area contributed by atoms with E-state index < -0.39 is 0 Å². The molecule has 0 bridgehead atoms. The van der Waals surface area contributed by atoms with Crippen molar-refractivity contribution in [3.8, 4) is 0 Å². The third-order valence-corrected chi connectivity index (χ3v) is 3.02. The Morgan fingerprint density at radius 1 is 1.06 bits per heavy atom. The fourth-order valence-electron chi connectivity index (χ4n) is 2.08. The molecule has 0 amide bonds. The van der Waals surface area contributed by atoms with Crippen LogP contribution in [-0.4, -0.2) is 9.97 Å². The van der Waals surface area contributed by atoms with Crippen molar-refractivity contribution in [2.75, 3.05) is 0 Å². The average molecular weight is 214 g/mol. The van der Waals surface area contributed by atoms with Crippen LogP contribution in [-0.2, 0) is 12.8 Å². The summed E-state index contributed by atoms with van der Waals surface area (Å²) in [6.07, 6.45) is 4.00. The van der Waals surface area contributed by atoms with Gasteiger partial charge in [0.2, 0.25) is 0 Å². The van der Waals surface area contributed by atoms with Gasteiger partial charge in [0.1, 0.15) is 5.82 Å². The molecule has 2 aromatic rings. The summed E-state index contributed by atoms with van der Waals surface area (Å²) in [5.74, 6) is 1.08. The van der Waals surface area contributed by atoms with Gasteiger partial charge in [0, 0.05) is 12.6 Å². The molecular weight excluding hydrogens is 196 g/mol. The molecule has 0 aliphatic rings. The van der Waals surface area contributed by atoms with E-state index in [0.717, 1.165) is 24.4 Å². The Morgan fingerprint density at radius 3 is 2.31 bits per heavy atom. The molecule has 0 unspecified atom stereocenters. The maximum absolute atomic E-state index is 4.43. The Morgan fingerprint density at radius 2 is 1.75 bits per heavy atom. The fraction of sp³-hybridized carbons (Fsp3) is 0.357. The first-order valence-corrected chi connectivity index (χ1v) is 5.73. The van der Waals surface area contributed by atoms with Crippen LogP contribution in [0, 0.1) is 20.8 Å². The Bertz CT molecular complexity index is 463. The zero-order chi connectivity index (χ0) is 11.5. The lowest BCUT2D eigenvalue weighted by Gasteiger charge is -2.08. The minimum absolute atomic E-state index is 0.986. The normalized spacial score (nSPS) is 10.7. The van der Waals surface area contributed by atoms with Crippen LogP contribution in [0.3, 0.4) is 0 Å². The number of hydrogen-bond donors (Lipinski definition) is 1. The first kappa shape index (κ1) is 10.9. The van der Waals surface area contributed by atoms with Crippen molar-refractivity contribution in [3.63, 3.8) is 0 Å². The molecule has 0 saturated heterocycles. The van der Waals surface area contributed by atoms with Crippen LogP contribution < -0.4 is 0 Å². The molecule has 0 atom stereocenters. The molecule has 2 heteroatoms. The summed E-state index contributed by atoms with van der Waals surface area (Å²) in [5.41, 5.74) is 5.28. The van der Waals surface area contributed by atoms with Gasteiger partial charge in [0.05, 0.1) is 5.69 Å². The Hall–Kier alpha value is -1.57. The molecule has 2 rings (SSSR count). The van der Waals surface area contributed by atoms with Gasteiger partial charge in [-0.15, -0.1) is 0 Å². The van der Waals surface area contributed by atoms with Crippen LogP contribution in [0.2, 0.25) is 0 Å². The Balaban J connectivity index is 2.10. The molecular formula is C14H18N2. The molecule has 0 aliphatic carbocycles. The van der Waals surface area contributed by atoms with E-state index in [1.165, 1.54) is 16.7 Å². The number of aromatic nitrogens is 2. The second-order valence-electron chi connectivity index (χ2n) is 4.36. The number of nitrogens with one attached hydrogen (secondary N) is 1. The highest BCUT2D eigenvalue weighted by molar-refractivity contribution is 5.33. The summed E-state index contributed by atoms with van der Waals surface area (Å²) in [4.78, 5) is 7.63. The number of hydrogen-bond acceptors (Lipinski definition) is 1. The predicted molar refractivity (Wildman–Crippen MR) is 66.6 cm³/mol. The largest absolute Gasteiger partial charge is 0.348 e. The van der Waals surface area contributed by atoms with Crippen molar-refractivity contribution >= 4 is 0 Å². The zero-order valence-electron chi connectivity index (χ0n) is 10.2. The third kappa shape index (κ3) is 2.32. The molecule has 1 N–H and O–H groups in total. The van der Waals surface area contributed by atoms with Crippen LogP contribution in [0.25, 0.3) is 0 Å². The van der Waals surface area contributed by atoms with Gasteiger partial charge in [-0.2, -0.15) is 0 Å². The topological polar surface area (TPSA) is 28.7 Å². The molecule has 0 radical (unpaired) electrons. The Kier molecular flexibility index (Phi) is 3.09. The lowest BCUT2D eigenvalue weighted by atomic mass is 9.99. The number of nitrogens with zero attached hydrogens (tertiary/aromatic N) is 1. The van der Waals surface area contributed by atoms with Gasteiger partial charge in [-0.1, -0.05) is 18.2 Å². The molecule has 1 heterocycles. The van der Waals surface area contributed by atoms with Crippen LogP contribution >= 0.6 is 0 Å². The summed E-state index contributed by atoms with van der Waals surface area (Å²) in [7, 11) is 0. The molecule has 1 aromatic carbocycles. The highest BCUT2D eigenvalue weighted by atomic mass is 14.9. The number of aryl methyl sites for hydroxylation is 4. The van der Waals surface area contributed by atoms with E-state index in [9.17, 15) is 0 Å². The van der Waals surface area contributed by atoms with E-state index in [-0.39, 0.29) is 0 Å². The molecule has 2 nitrogen and oxygen atoms in total. The van der Waals surface area contributed by atoms with Crippen molar-refractivity contribution in [2.24, 2.45) is 0 Å². The Labute approximate surface area is 96.7 Å². The minimum Gasteiger partial charge on any atom is -0.348 e. The second-order valence-corrected chi connectivity index (χ2v) is 4.36. The van der Waals surface area contributed by atoms with Gasteiger partial charge in [-0.25, -0.2) is 4.98 Å². The maximum atomic E-state index is 4.43.